The van der Waals surface area contributed by atoms with Crippen LogP contribution in [-0.2, 0) is 11.3 Å². The summed E-state index contributed by atoms with van der Waals surface area (Å²) < 4.78 is 7.60. The Morgan fingerprint density at radius 3 is 3.22 bits per heavy atom. The van der Waals surface area contributed by atoms with Crippen LogP contribution in [0.15, 0.2) is 6.20 Å². The summed E-state index contributed by atoms with van der Waals surface area (Å²) >= 11 is 2.02. The molecule has 0 saturated carbocycles. The highest BCUT2D eigenvalue weighted by Gasteiger charge is 2.17. The molecule has 1 aromatic heterocycles. The van der Waals surface area contributed by atoms with E-state index in [1.54, 1.807) is 0 Å². The quantitative estimate of drug-likeness (QED) is 0.772. The van der Waals surface area contributed by atoms with E-state index in [1.165, 1.54) is 17.9 Å². The van der Waals surface area contributed by atoms with Gasteiger partial charge in [0, 0.05) is 37.8 Å². The molecule has 1 aromatic rings. The average molecular weight is 269 g/mol. The maximum absolute atomic E-state index is 5.38. The van der Waals surface area contributed by atoms with Gasteiger partial charge in [-0.2, -0.15) is 11.8 Å². The molecule has 0 radical (unpaired) electrons. The van der Waals surface area contributed by atoms with Crippen LogP contribution in [0.2, 0.25) is 0 Å². The molecule has 0 spiro atoms. The lowest BCUT2D eigenvalue weighted by atomic mass is 10.3. The number of ether oxygens (including phenoxy) is 1. The molecule has 102 valence electrons. The maximum Gasteiger partial charge on any atom is 0.203 e. The monoisotopic (exact) mass is 269 g/mol. The molecule has 0 aliphatic carbocycles. The van der Waals surface area contributed by atoms with E-state index >= 15 is 0 Å². The first-order chi connectivity index (χ1) is 8.79. The average Bonchev–Trinajstić information content (AvgIpc) is 2.96. The molecule has 0 bridgehead atoms. The fraction of sp³-hybridized carbons (Fsp3) is 0.769. The Labute approximate surface area is 114 Å². The van der Waals surface area contributed by atoms with E-state index in [-0.39, 0.29) is 0 Å². The van der Waals surface area contributed by atoms with Crippen LogP contribution in [0, 0.1) is 6.92 Å². The van der Waals surface area contributed by atoms with E-state index in [4.69, 9.17) is 4.74 Å². The van der Waals surface area contributed by atoms with Crippen molar-refractivity contribution in [3.8, 4) is 0 Å². The molecule has 0 amide bonds. The van der Waals surface area contributed by atoms with Crippen molar-refractivity contribution in [2.24, 2.45) is 0 Å². The standard InChI is InChI=1S/C13H23N3OS/c1-3-17-7-4-6-16-9-11(2)14-13(16)15-12-5-8-18-10-12/h9,12H,3-8,10H2,1-2H3,(H,14,15). The molecule has 5 heteroatoms. The Morgan fingerprint density at radius 1 is 1.61 bits per heavy atom. The number of aromatic nitrogens is 2. The highest BCUT2D eigenvalue weighted by molar-refractivity contribution is 7.99. The molecule has 1 aliphatic rings. The number of hydrogen-bond acceptors (Lipinski definition) is 4. The van der Waals surface area contributed by atoms with Crippen LogP contribution >= 0.6 is 11.8 Å². The number of nitrogens with zero attached hydrogens (tertiary/aromatic N) is 2. The topological polar surface area (TPSA) is 39.1 Å². The summed E-state index contributed by atoms with van der Waals surface area (Å²) in [5.74, 6) is 3.49. The molecule has 2 heterocycles. The van der Waals surface area contributed by atoms with Crippen molar-refractivity contribution in [1.29, 1.82) is 0 Å². The van der Waals surface area contributed by atoms with Gasteiger partial charge in [-0.15, -0.1) is 0 Å². The highest BCUT2D eigenvalue weighted by atomic mass is 32.2. The van der Waals surface area contributed by atoms with Gasteiger partial charge in [-0.25, -0.2) is 4.98 Å². The maximum atomic E-state index is 5.38. The third-order valence-electron chi connectivity index (χ3n) is 3.05. The van der Waals surface area contributed by atoms with E-state index in [0.29, 0.717) is 6.04 Å². The molecule has 1 N–H and O–H groups in total. The summed E-state index contributed by atoms with van der Waals surface area (Å²) in [6, 6.07) is 0.586. The summed E-state index contributed by atoms with van der Waals surface area (Å²) in [7, 11) is 0. The lowest BCUT2D eigenvalue weighted by Gasteiger charge is -2.14. The molecule has 1 fully saturated rings. The van der Waals surface area contributed by atoms with Crippen LogP contribution in [0.25, 0.3) is 0 Å². The predicted octanol–water partition coefficient (Wildman–Crippen LogP) is 2.54. The van der Waals surface area contributed by atoms with Gasteiger partial charge in [0.15, 0.2) is 0 Å². The minimum absolute atomic E-state index is 0.586. The van der Waals surface area contributed by atoms with E-state index in [9.17, 15) is 0 Å². The number of aryl methyl sites for hydroxylation is 2. The van der Waals surface area contributed by atoms with Gasteiger partial charge in [0.05, 0.1) is 5.69 Å². The van der Waals surface area contributed by atoms with Crippen molar-refractivity contribution >= 4 is 17.7 Å². The van der Waals surface area contributed by atoms with Crippen molar-refractivity contribution in [1.82, 2.24) is 9.55 Å². The Hall–Kier alpha value is -0.680. The Bertz CT molecular complexity index is 361. The van der Waals surface area contributed by atoms with Crippen LogP contribution < -0.4 is 5.32 Å². The zero-order valence-corrected chi connectivity index (χ0v) is 12.1. The summed E-state index contributed by atoms with van der Waals surface area (Å²) in [4.78, 5) is 4.57. The Morgan fingerprint density at radius 2 is 2.50 bits per heavy atom. The Balaban J connectivity index is 1.87. The minimum atomic E-state index is 0.586. The number of nitrogens with one attached hydrogen (secondary N) is 1. The molecule has 1 atom stereocenters. The largest absolute Gasteiger partial charge is 0.382 e. The fourth-order valence-corrected chi connectivity index (χ4v) is 3.30. The van der Waals surface area contributed by atoms with Gasteiger partial charge in [0.2, 0.25) is 5.95 Å². The third kappa shape index (κ3) is 3.92. The van der Waals surface area contributed by atoms with Crippen LogP contribution in [0.5, 0.6) is 0 Å². The van der Waals surface area contributed by atoms with Crippen LogP contribution in [-0.4, -0.2) is 40.3 Å². The molecule has 18 heavy (non-hydrogen) atoms. The highest BCUT2D eigenvalue weighted by Crippen LogP contribution is 2.21. The van der Waals surface area contributed by atoms with Crippen LogP contribution in [0.3, 0.4) is 0 Å². The molecule has 2 rings (SSSR count). The second-order valence-corrected chi connectivity index (χ2v) is 5.80. The van der Waals surface area contributed by atoms with Gasteiger partial charge in [0.1, 0.15) is 0 Å². The van der Waals surface area contributed by atoms with Crippen molar-refractivity contribution in [2.75, 3.05) is 30.0 Å². The second kappa shape index (κ2) is 7.04. The summed E-state index contributed by atoms with van der Waals surface area (Å²) in [5, 5.41) is 3.56. The molecule has 4 nitrogen and oxygen atoms in total. The van der Waals surface area contributed by atoms with Gasteiger partial charge < -0.3 is 14.6 Å². The lowest BCUT2D eigenvalue weighted by Crippen LogP contribution is -2.21. The molecule has 1 aliphatic heterocycles. The Kier molecular flexibility index (Phi) is 5.38. The predicted molar refractivity (Wildman–Crippen MR) is 77.4 cm³/mol. The van der Waals surface area contributed by atoms with Crippen molar-refractivity contribution < 1.29 is 4.74 Å². The molecule has 1 saturated heterocycles. The first kappa shape index (κ1) is 13.7. The van der Waals surface area contributed by atoms with E-state index < -0.39 is 0 Å². The van der Waals surface area contributed by atoms with Gasteiger partial charge in [-0.05, 0) is 32.4 Å². The summed E-state index contributed by atoms with van der Waals surface area (Å²) in [5.41, 5.74) is 1.08. The van der Waals surface area contributed by atoms with E-state index in [2.05, 4.69) is 21.1 Å². The zero-order chi connectivity index (χ0) is 12.8. The molecular weight excluding hydrogens is 246 g/mol. The number of hydrogen-bond donors (Lipinski definition) is 1. The molecule has 0 aromatic carbocycles. The minimum Gasteiger partial charge on any atom is -0.382 e. The lowest BCUT2D eigenvalue weighted by molar-refractivity contribution is 0.142. The van der Waals surface area contributed by atoms with E-state index in [1.807, 2.05) is 25.6 Å². The first-order valence-electron chi connectivity index (χ1n) is 6.75. The smallest absolute Gasteiger partial charge is 0.203 e. The second-order valence-electron chi connectivity index (χ2n) is 4.65. The number of thioether (sulfide) groups is 1. The van der Waals surface area contributed by atoms with Gasteiger partial charge in [0.25, 0.3) is 0 Å². The van der Waals surface area contributed by atoms with Crippen LogP contribution in [0.4, 0.5) is 5.95 Å². The zero-order valence-electron chi connectivity index (χ0n) is 11.3. The van der Waals surface area contributed by atoms with Gasteiger partial charge in [-0.3, -0.25) is 0 Å². The van der Waals surface area contributed by atoms with Crippen molar-refractivity contribution in [3.63, 3.8) is 0 Å². The van der Waals surface area contributed by atoms with Gasteiger partial charge in [-0.1, -0.05) is 0 Å². The fourth-order valence-electron chi connectivity index (χ4n) is 2.14. The van der Waals surface area contributed by atoms with Crippen LogP contribution in [0.1, 0.15) is 25.5 Å². The van der Waals surface area contributed by atoms with Crippen molar-refractivity contribution in [3.05, 3.63) is 11.9 Å². The molecule has 1 unspecified atom stereocenters. The number of rotatable bonds is 7. The first-order valence-corrected chi connectivity index (χ1v) is 7.91. The SMILES string of the molecule is CCOCCCn1cc(C)nc1NC1CCSC1. The summed E-state index contributed by atoms with van der Waals surface area (Å²) in [6.45, 7) is 6.68. The van der Waals surface area contributed by atoms with E-state index in [0.717, 1.165) is 37.8 Å². The number of anilines is 1. The van der Waals surface area contributed by atoms with Crippen molar-refractivity contribution in [2.45, 2.75) is 39.3 Å². The third-order valence-corrected chi connectivity index (χ3v) is 4.21. The van der Waals surface area contributed by atoms with Gasteiger partial charge >= 0.3 is 0 Å². The molecular formula is C13H23N3OS. The normalized spacial score (nSPS) is 19.3. The summed E-state index contributed by atoms with van der Waals surface area (Å²) in [6.07, 6.45) is 4.41. The number of imidazole rings is 1.